The van der Waals surface area contributed by atoms with Crippen molar-refractivity contribution in [1.82, 2.24) is 0 Å². The van der Waals surface area contributed by atoms with Crippen LogP contribution in [0.15, 0.2) is 12.1 Å². The Kier molecular flexibility index (Phi) is 4.20. The van der Waals surface area contributed by atoms with E-state index in [9.17, 15) is 0 Å². The van der Waals surface area contributed by atoms with Gasteiger partial charge in [0.15, 0.2) is 0 Å². The molecule has 2 heteroatoms. The summed E-state index contributed by atoms with van der Waals surface area (Å²) in [5.41, 5.74) is 5.58. The van der Waals surface area contributed by atoms with E-state index in [0.717, 1.165) is 0 Å². The van der Waals surface area contributed by atoms with Crippen molar-refractivity contribution in [2.45, 2.75) is 37.3 Å². The molecule has 78 valence electrons. The molecule has 0 aliphatic carbocycles. The standard InChI is InChI=1S/C12H16Br2/c1-7-5-6-11(9(3)13)8(2)12(7)10(4)14/h5-6,9-10H,1-4H3/t9-,10-/m0/s1. The van der Waals surface area contributed by atoms with Gasteiger partial charge in [0.25, 0.3) is 0 Å². The highest BCUT2D eigenvalue weighted by Crippen LogP contribution is 2.34. The fourth-order valence-electron chi connectivity index (χ4n) is 1.92. The summed E-state index contributed by atoms with van der Waals surface area (Å²) < 4.78 is 0. The Balaban J connectivity index is 3.34. The van der Waals surface area contributed by atoms with Crippen LogP contribution in [0.25, 0.3) is 0 Å². The number of aryl methyl sites for hydroxylation is 1. The molecule has 0 N–H and O–H groups in total. The van der Waals surface area contributed by atoms with Crippen LogP contribution in [0, 0.1) is 13.8 Å². The van der Waals surface area contributed by atoms with Gasteiger partial charge >= 0.3 is 0 Å². The molecular weight excluding hydrogens is 304 g/mol. The van der Waals surface area contributed by atoms with Gasteiger partial charge < -0.3 is 0 Å². The summed E-state index contributed by atoms with van der Waals surface area (Å²) in [7, 11) is 0. The minimum Gasteiger partial charge on any atom is -0.0842 e. The zero-order chi connectivity index (χ0) is 10.9. The van der Waals surface area contributed by atoms with Crippen LogP contribution >= 0.6 is 31.9 Å². The first-order valence-corrected chi connectivity index (χ1v) is 6.66. The van der Waals surface area contributed by atoms with E-state index >= 15 is 0 Å². The molecule has 0 aromatic heterocycles. The molecule has 0 fully saturated rings. The summed E-state index contributed by atoms with van der Waals surface area (Å²) in [5.74, 6) is 0. The number of hydrogen-bond donors (Lipinski definition) is 0. The Morgan fingerprint density at radius 3 is 2.00 bits per heavy atom. The van der Waals surface area contributed by atoms with Crippen LogP contribution in [0.4, 0.5) is 0 Å². The Labute approximate surface area is 103 Å². The molecule has 0 saturated carbocycles. The van der Waals surface area contributed by atoms with Crippen molar-refractivity contribution in [3.05, 3.63) is 34.4 Å². The van der Waals surface area contributed by atoms with Crippen molar-refractivity contribution in [2.24, 2.45) is 0 Å². The molecule has 1 aromatic rings. The lowest BCUT2D eigenvalue weighted by Crippen LogP contribution is -1.99. The third-order valence-electron chi connectivity index (χ3n) is 2.60. The largest absolute Gasteiger partial charge is 0.0842 e. The van der Waals surface area contributed by atoms with Crippen LogP contribution in [0.1, 0.15) is 45.8 Å². The van der Waals surface area contributed by atoms with Gasteiger partial charge in [-0.25, -0.2) is 0 Å². The molecule has 1 aromatic carbocycles. The molecule has 0 radical (unpaired) electrons. The van der Waals surface area contributed by atoms with Crippen LogP contribution in [0.2, 0.25) is 0 Å². The molecule has 0 bridgehead atoms. The average Bonchev–Trinajstić information content (AvgIpc) is 2.02. The summed E-state index contributed by atoms with van der Waals surface area (Å²) >= 11 is 7.28. The second-order valence-electron chi connectivity index (χ2n) is 3.74. The quantitative estimate of drug-likeness (QED) is 0.656. The van der Waals surface area contributed by atoms with Crippen molar-refractivity contribution in [1.29, 1.82) is 0 Å². The molecule has 14 heavy (non-hydrogen) atoms. The molecule has 1 rings (SSSR count). The summed E-state index contributed by atoms with van der Waals surface area (Å²) in [5, 5.41) is 0. The minimum atomic E-state index is 0.424. The highest BCUT2D eigenvalue weighted by atomic mass is 79.9. The molecule has 0 amide bonds. The second kappa shape index (κ2) is 4.80. The van der Waals surface area contributed by atoms with Crippen LogP contribution in [0.5, 0.6) is 0 Å². The molecule has 0 unspecified atom stereocenters. The molecule has 0 aliphatic rings. The van der Waals surface area contributed by atoms with Gasteiger partial charge in [-0.1, -0.05) is 44.0 Å². The normalized spacial score (nSPS) is 15.3. The number of benzene rings is 1. The first kappa shape index (κ1) is 12.3. The topological polar surface area (TPSA) is 0 Å². The molecule has 2 atom stereocenters. The van der Waals surface area contributed by atoms with Gasteiger partial charge in [0, 0.05) is 9.65 Å². The van der Waals surface area contributed by atoms with E-state index in [1.807, 2.05) is 0 Å². The van der Waals surface area contributed by atoms with E-state index in [1.54, 1.807) is 0 Å². The first-order valence-electron chi connectivity index (χ1n) is 4.83. The van der Waals surface area contributed by atoms with Crippen LogP contribution in [0.3, 0.4) is 0 Å². The number of halogens is 2. The van der Waals surface area contributed by atoms with Crippen LogP contribution in [-0.2, 0) is 0 Å². The molecule has 0 aliphatic heterocycles. The Bertz CT molecular complexity index is 327. The maximum Gasteiger partial charge on any atom is 0.0372 e. The minimum absolute atomic E-state index is 0.424. The second-order valence-corrected chi connectivity index (χ2v) is 6.49. The first-order chi connectivity index (χ1) is 6.45. The Morgan fingerprint density at radius 1 is 1.00 bits per heavy atom. The SMILES string of the molecule is Cc1ccc([C@H](C)Br)c(C)c1[C@H](C)Br. The van der Waals surface area contributed by atoms with E-state index in [-0.39, 0.29) is 0 Å². The van der Waals surface area contributed by atoms with Gasteiger partial charge in [-0.15, -0.1) is 0 Å². The van der Waals surface area contributed by atoms with E-state index in [2.05, 4.69) is 71.7 Å². The van der Waals surface area contributed by atoms with Gasteiger partial charge in [0.05, 0.1) is 0 Å². The van der Waals surface area contributed by atoms with Crippen LogP contribution < -0.4 is 0 Å². The number of alkyl halides is 2. The maximum absolute atomic E-state index is 3.65. The number of hydrogen-bond acceptors (Lipinski definition) is 0. The Hall–Kier alpha value is 0.180. The summed E-state index contributed by atoms with van der Waals surface area (Å²) in [4.78, 5) is 0.849. The fraction of sp³-hybridized carbons (Fsp3) is 0.500. The van der Waals surface area contributed by atoms with E-state index in [4.69, 9.17) is 0 Å². The van der Waals surface area contributed by atoms with E-state index in [1.165, 1.54) is 22.3 Å². The smallest absolute Gasteiger partial charge is 0.0372 e. The molecule has 0 spiro atoms. The predicted octanol–water partition coefficient (Wildman–Crippen LogP) is 5.22. The summed E-state index contributed by atoms with van der Waals surface area (Å²) in [6.07, 6.45) is 0. The maximum atomic E-state index is 3.65. The van der Waals surface area contributed by atoms with E-state index < -0.39 is 0 Å². The molecule has 0 nitrogen and oxygen atoms in total. The molecule has 0 saturated heterocycles. The lowest BCUT2D eigenvalue weighted by molar-refractivity contribution is 1.01. The van der Waals surface area contributed by atoms with Crippen LogP contribution in [-0.4, -0.2) is 0 Å². The zero-order valence-corrected chi connectivity index (χ0v) is 12.2. The highest BCUT2D eigenvalue weighted by molar-refractivity contribution is 9.09. The Morgan fingerprint density at radius 2 is 1.57 bits per heavy atom. The van der Waals surface area contributed by atoms with E-state index in [0.29, 0.717) is 9.65 Å². The predicted molar refractivity (Wildman–Crippen MR) is 70.6 cm³/mol. The lowest BCUT2D eigenvalue weighted by atomic mass is 9.95. The average molecular weight is 320 g/mol. The van der Waals surface area contributed by atoms with Crippen molar-refractivity contribution in [3.8, 4) is 0 Å². The zero-order valence-electron chi connectivity index (χ0n) is 9.07. The van der Waals surface area contributed by atoms with Crippen molar-refractivity contribution in [3.63, 3.8) is 0 Å². The lowest BCUT2D eigenvalue weighted by Gasteiger charge is -2.17. The van der Waals surface area contributed by atoms with Gasteiger partial charge in [0.1, 0.15) is 0 Å². The third kappa shape index (κ3) is 2.40. The van der Waals surface area contributed by atoms with Gasteiger partial charge in [0.2, 0.25) is 0 Å². The van der Waals surface area contributed by atoms with Crippen molar-refractivity contribution in [2.75, 3.05) is 0 Å². The fourth-order valence-corrected chi connectivity index (χ4v) is 3.12. The summed E-state index contributed by atoms with van der Waals surface area (Å²) in [6.45, 7) is 8.72. The van der Waals surface area contributed by atoms with Crippen molar-refractivity contribution < 1.29 is 0 Å². The van der Waals surface area contributed by atoms with Gasteiger partial charge in [-0.2, -0.15) is 0 Å². The molecule has 0 heterocycles. The third-order valence-corrected chi connectivity index (χ3v) is 3.55. The summed E-state index contributed by atoms with van der Waals surface area (Å²) in [6, 6.07) is 4.41. The highest BCUT2D eigenvalue weighted by Gasteiger charge is 2.13. The van der Waals surface area contributed by atoms with Gasteiger partial charge in [-0.05, 0) is 49.9 Å². The van der Waals surface area contributed by atoms with Gasteiger partial charge in [-0.3, -0.25) is 0 Å². The van der Waals surface area contributed by atoms with Crippen molar-refractivity contribution >= 4 is 31.9 Å². The number of rotatable bonds is 2. The molecular formula is C12H16Br2. The monoisotopic (exact) mass is 318 g/mol.